The molecule has 148 valence electrons. The molecule has 0 unspecified atom stereocenters. The van der Waals surface area contributed by atoms with Gasteiger partial charge in [0.1, 0.15) is 6.61 Å². The van der Waals surface area contributed by atoms with Crippen molar-refractivity contribution in [1.29, 1.82) is 0 Å². The molecule has 3 rings (SSSR count). The zero-order valence-corrected chi connectivity index (χ0v) is 17.9. The number of ether oxygens (including phenoxy) is 2. The van der Waals surface area contributed by atoms with Crippen molar-refractivity contribution in [3.63, 3.8) is 0 Å². The summed E-state index contributed by atoms with van der Waals surface area (Å²) in [5.74, 6) is 0.792. The second-order valence-corrected chi connectivity index (χ2v) is 7.36. The number of rotatable bonds is 7. The fourth-order valence-electron chi connectivity index (χ4n) is 2.54. The number of amides is 1. The minimum absolute atomic E-state index is 0.311. The molecule has 0 radical (unpaired) electrons. The lowest BCUT2D eigenvalue weighted by atomic mass is 10.2. The van der Waals surface area contributed by atoms with Gasteiger partial charge in [-0.1, -0.05) is 51.8 Å². The first-order chi connectivity index (χ1) is 14.1. The summed E-state index contributed by atoms with van der Waals surface area (Å²) in [5, 5.41) is 4.72. The number of benzene rings is 3. The van der Waals surface area contributed by atoms with E-state index in [9.17, 15) is 4.79 Å². The molecule has 0 bridgehead atoms. The van der Waals surface area contributed by atoms with E-state index in [-0.39, 0.29) is 5.91 Å². The minimum Gasteiger partial charge on any atom is -0.493 e. The van der Waals surface area contributed by atoms with Crippen molar-refractivity contribution >= 4 is 39.7 Å². The maximum absolute atomic E-state index is 12.2. The highest BCUT2D eigenvalue weighted by Gasteiger charge is 2.10. The van der Waals surface area contributed by atoms with Crippen LogP contribution in [0.3, 0.4) is 0 Å². The van der Waals surface area contributed by atoms with Gasteiger partial charge in [-0.15, -0.1) is 0 Å². The Balaban J connectivity index is 1.73. The zero-order chi connectivity index (χ0) is 20.6. The fraction of sp³-hybridized carbons (Fsp3) is 0.0909. The van der Waals surface area contributed by atoms with Crippen LogP contribution < -0.4 is 14.9 Å². The summed E-state index contributed by atoms with van der Waals surface area (Å²) in [4.78, 5) is 12.2. The normalized spacial score (nSPS) is 10.7. The van der Waals surface area contributed by atoms with E-state index in [2.05, 4.69) is 26.5 Å². The van der Waals surface area contributed by atoms with E-state index in [1.807, 2.05) is 42.5 Å². The van der Waals surface area contributed by atoms with Gasteiger partial charge in [-0.2, -0.15) is 5.10 Å². The number of nitrogens with one attached hydrogen (secondary N) is 1. The van der Waals surface area contributed by atoms with Crippen LogP contribution in [0.5, 0.6) is 11.5 Å². The van der Waals surface area contributed by atoms with Crippen molar-refractivity contribution in [2.45, 2.75) is 6.61 Å². The van der Waals surface area contributed by atoms with E-state index in [0.29, 0.717) is 34.3 Å². The average Bonchev–Trinajstić information content (AvgIpc) is 2.73. The number of halogens is 2. The molecule has 0 heterocycles. The van der Waals surface area contributed by atoms with Gasteiger partial charge in [0, 0.05) is 20.6 Å². The summed E-state index contributed by atoms with van der Waals surface area (Å²) in [6.07, 6.45) is 1.52. The third kappa shape index (κ3) is 5.82. The molecular formula is C22H18BrClN2O3. The number of para-hydroxylation sites is 1. The van der Waals surface area contributed by atoms with E-state index >= 15 is 0 Å². The molecule has 0 fully saturated rings. The van der Waals surface area contributed by atoms with Crippen LogP contribution in [0.1, 0.15) is 21.5 Å². The van der Waals surface area contributed by atoms with Crippen LogP contribution in [0, 0.1) is 0 Å². The van der Waals surface area contributed by atoms with Gasteiger partial charge in [0.2, 0.25) is 0 Å². The van der Waals surface area contributed by atoms with Crippen LogP contribution in [0.4, 0.5) is 0 Å². The lowest BCUT2D eigenvalue weighted by molar-refractivity contribution is 0.0955. The predicted molar refractivity (Wildman–Crippen MR) is 118 cm³/mol. The first kappa shape index (κ1) is 20.9. The lowest BCUT2D eigenvalue weighted by Crippen LogP contribution is -2.17. The molecule has 0 atom stereocenters. The largest absolute Gasteiger partial charge is 0.493 e. The topological polar surface area (TPSA) is 59.9 Å². The second-order valence-electron chi connectivity index (χ2n) is 6.00. The number of hydrogen-bond acceptors (Lipinski definition) is 4. The SMILES string of the molecule is COc1cccc(/C=N/NC(=O)c2cccc(Br)c2)c1OCc1ccc(Cl)cc1. The molecule has 0 saturated heterocycles. The van der Waals surface area contributed by atoms with Crippen LogP contribution in [0.15, 0.2) is 76.3 Å². The molecule has 3 aromatic carbocycles. The molecule has 1 N–H and O–H groups in total. The van der Waals surface area contributed by atoms with Gasteiger partial charge >= 0.3 is 0 Å². The Morgan fingerprint density at radius 1 is 1.14 bits per heavy atom. The van der Waals surface area contributed by atoms with Crippen LogP contribution in [0.25, 0.3) is 0 Å². The molecule has 0 aliphatic rings. The van der Waals surface area contributed by atoms with Crippen LogP contribution in [-0.2, 0) is 6.61 Å². The maximum atomic E-state index is 12.2. The van der Waals surface area contributed by atoms with Crippen molar-refractivity contribution in [1.82, 2.24) is 5.43 Å². The van der Waals surface area contributed by atoms with Crippen molar-refractivity contribution < 1.29 is 14.3 Å². The van der Waals surface area contributed by atoms with Crippen LogP contribution in [0.2, 0.25) is 5.02 Å². The summed E-state index contributed by atoms with van der Waals surface area (Å²) >= 11 is 9.27. The van der Waals surface area contributed by atoms with E-state index in [0.717, 1.165) is 10.0 Å². The van der Waals surface area contributed by atoms with E-state index in [1.165, 1.54) is 6.21 Å². The molecule has 0 aliphatic heterocycles. The smallest absolute Gasteiger partial charge is 0.271 e. The molecule has 3 aromatic rings. The molecule has 7 heteroatoms. The fourth-order valence-corrected chi connectivity index (χ4v) is 3.07. The predicted octanol–water partition coefficient (Wildman–Crippen LogP) is 5.45. The van der Waals surface area contributed by atoms with Gasteiger partial charge in [0.05, 0.1) is 13.3 Å². The summed E-state index contributed by atoms with van der Waals surface area (Å²) in [6, 6.07) is 19.9. The Bertz CT molecular complexity index is 1020. The Hall–Kier alpha value is -2.83. The number of hydrogen-bond donors (Lipinski definition) is 1. The van der Waals surface area contributed by atoms with Crippen molar-refractivity contribution in [2.24, 2.45) is 5.10 Å². The van der Waals surface area contributed by atoms with Gasteiger partial charge in [-0.05, 0) is 48.0 Å². The number of methoxy groups -OCH3 is 1. The summed E-state index contributed by atoms with van der Waals surface area (Å²) in [5.41, 5.74) is 4.66. The zero-order valence-electron chi connectivity index (χ0n) is 15.6. The van der Waals surface area contributed by atoms with Gasteiger partial charge in [0.25, 0.3) is 5.91 Å². The molecule has 0 aromatic heterocycles. The Kier molecular flexibility index (Phi) is 7.27. The monoisotopic (exact) mass is 472 g/mol. The van der Waals surface area contributed by atoms with E-state index in [1.54, 1.807) is 31.4 Å². The number of nitrogens with zero attached hydrogens (tertiary/aromatic N) is 1. The van der Waals surface area contributed by atoms with Crippen molar-refractivity contribution in [3.8, 4) is 11.5 Å². The lowest BCUT2D eigenvalue weighted by Gasteiger charge is -2.13. The Morgan fingerprint density at radius 2 is 1.90 bits per heavy atom. The summed E-state index contributed by atoms with van der Waals surface area (Å²) in [7, 11) is 1.57. The quantitative estimate of drug-likeness (QED) is 0.366. The third-order valence-corrected chi connectivity index (χ3v) is 4.73. The Labute approximate surface area is 182 Å². The van der Waals surface area contributed by atoms with Crippen LogP contribution >= 0.6 is 27.5 Å². The van der Waals surface area contributed by atoms with Gasteiger partial charge in [0.15, 0.2) is 11.5 Å². The summed E-state index contributed by atoms with van der Waals surface area (Å²) < 4.78 is 12.2. The second kappa shape index (κ2) is 10.1. The highest BCUT2D eigenvalue weighted by molar-refractivity contribution is 9.10. The van der Waals surface area contributed by atoms with Gasteiger partial charge in [-0.25, -0.2) is 5.43 Å². The number of hydrazone groups is 1. The average molecular weight is 474 g/mol. The molecule has 29 heavy (non-hydrogen) atoms. The minimum atomic E-state index is -0.311. The first-order valence-electron chi connectivity index (χ1n) is 8.70. The van der Waals surface area contributed by atoms with E-state index < -0.39 is 0 Å². The third-order valence-electron chi connectivity index (χ3n) is 3.98. The number of carbonyl (C=O) groups excluding carboxylic acids is 1. The molecule has 0 spiro atoms. The standard InChI is InChI=1S/C22H18BrClN2O3/c1-28-20-7-3-5-17(21(20)29-14-15-8-10-19(24)11-9-15)13-25-26-22(27)16-4-2-6-18(23)12-16/h2-13H,14H2,1H3,(H,26,27)/b25-13+. The first-order valence-corrected chi connectivity index (χ1v) is 9.87. The molecule has 0 aliphatic carbocycles. The highest BCUT2D eigenvalue weighted by Crippen LogP contribution is 2.31. The maximum Gasteiger partial charge on any atom is 0.271 e. The van der Waals surface area contributed by atoms with Gasteiger partial charge in [-0.3, -0.25) is 4.79 Å². The summed E-state index contributed by atoms with van der Waals surface area (Å²) in [6.45, 7) is 0.336. The molecule has 0 saturated carbocycles. The molecule has 1 amide bonds. The Morgan fingerprint density at radius 3 is 2.62 bits per heavy atom. The van der Waals surface area contributed by atoms with Gasteiger partial charge < -0.3 is 9.47 Å². The highest BCUT2D eigenvalue weighted by atomic mass is 79.9. The van der Waals surface area contributed by atoms with E-state index in [4.69, 9.17) is 21.1 Å². The van der Waals surface area contributed by atoms with Crippen LogP contribution in [-0.4, -0.2) is 19.2 Å². The molecule has 5 nitrogen and oxygen atoms in total. The number of carbonyl (C=O) groups is 1. The molecular weight excluding hydrogens is 456 g/mol. The van der Waals surface area contributed by atoms with Crippen molar-refractivity contribution in [2.75, 3.05) is 7.11 Å². The van der Waals surface area contributed by atoms with Crippen molar-refractivity contribution in [3.05, 3.63) is 92.9 Å².